The lowest BCUT2D eigenvalue weighted by molar-refractivity contribution is -0.141. The number of fused-ring (bicyclic) bond motifs is 2. The first-order chi connectivity index (χ1) is 25.1. The van der Waals surface area contributed by atoms with E-state index in [4.69, 9.17) is 11.5 Å². The van der Waals surface area contributed by atoms with Crippen molar-refractivity contribution in [3.05, 3.63) is 83.2 Å². The average Bonchev–Trinajstić information content (AvgIpc) is 3.13. The summed E-state index contributed by atoms with van der Waals surface area (Å²) in [5, 5.41) is 20.8. The number of rotatable bonds is 4. The van der Waals surface area contributed by atoms with Crippen LogP contribution >= 0.6 is 0 Å². The summed E-state index contributed by atoms with van der Waals surface area (Å²) in [5.41, 5.74) is 16.8. The van der Waals surface area contributed by atoms with Crippen molar-refractivity contribution < 1.29 is 9.59 Å². The number of hydrogen-bond acceptors (Lipinski definition) is 8. The number of nitrogens with zero attached hydrogens (tertiary/aromatic N) is 6. The highest BCUT2D eigenvalue weighted by atomic mass is 16.2. The summed E-state index contributed by atoms with van der Waals surface area (Å²) in [6.45, 7) is 7.56. The van der Waals surface area contributed by atoms with Gasteiger partial charge in [-0.2, -0.15) is 10.5 Å². The number of likely N-dealkylation sites (tertiary alicyclic amines) is 2. The Hall–Kier alpha value is -4.90. The van der Waals surface area contributed by atoms with Crippen LogP contribution in [0.2, 0.25) is 0 Å². The smallest absolute Gasteiger partial charge is 0.225 e. The van der Waals surface area contributed by atoms with E-state index in [0.29, 0.717) is 23.0 Å². The fourth-order valence-corrected chi connectivity index (χ4v) is 9.04. The maximum atomic E-state index is 12.8. The summed E-state index contributed by atoms with van der Waals surface area (Å²) in [6.07, 6.45) is 8.82. The van der Waals surface area contributed by atoms with E-state index in [1.807, 2.05) is 58.3 Å². The molecule has 8 rings (SSSR count). The second-order valence-electron chi connectivity index (χ2n) is 15.8. The van der Waals surface area contributed by atoms with Crippen molar-refractivity contribution in [3.8, 4) is 12.1 Å². The fraction of sp³-hybridized carbons (Fsp3) is 0.476. The molecule has 2 aromatic heterocycles. The molecule has 2 aliphatic heterocycles. The molecule has 4 aromatic rings. The SMILES string of the molecule is C[C@@H]1C[C@@H](c2ccc(C#N)c3ncccc23)CN(C(=O)C2CC(N)C2)C1.C[C@@H]1C[C@H](c2ccc(C#N)c3ncccc23)CN(C(=O)C2CC(N)C2)C1. The number of carbonyl (C=O) groups excluding carboxylic acids is 2. The lowest BCUT2D eigenvalue weighted by Crippen LogP contribution is -2.50. The maximum absolute atomic E-state index is 12.8. The minimum absolute atomic E-state index is 0.107. The molecule has 2 saturated heterocycles. The summed E-state index contributed by atoms with van der Waals surface area (Å²) in [4.78, 5) is 38.6. The number of hydrogen-bond donors (Lipinski definition) is 2. The Kier molecular flexibility index (Phi) is 10.2. The van der Waals surface area contributed by atoms with Crippen LogP contribution in [0.1, 0.15) is 86.5 Å². The normalized spacial score (nSPS) is 28.4. The molecule has 2 aliphatic carbocycles. The van der Waals surface area contributed by atoms with E-state index in [1.165, 1.54) is 11.1 Å². The van der Waals surface area contributed by atoms with Crippen LogP contribution in [0.4, 0.5) is 0 Å². The van der Waals surface area contributed by atoms with Crippen molar-refractivity contribution in [2.75, 3.05) is 26.2 Å². The van der Waals surface area contributed by atoms with E-state index in [1.54, 1.807) is 12.4 Å². The Morgan fingerprint density at radius 2 is 1.04 bits per heavy atom. The molecule has 10 nitrogen and oxygen atoms in total. The zero-order valence-corrected chi connectivity index (χ0v) is 30.1. The van der Waals surface area contributed by atoms with Crippen LogP contribution in [-0.4, -0.2) is 69.8 Å². The second-order valence-corrected chi connectivity index (χ2v) is 15.8. The Morgan fingerprint density at radius 3 is 1.40 bits per heavy atom. The van der Waals surface area contributed by atoms with Crippen molar-refractivity contribution >= 4 is 33.6 Å². The van der Waals surface area contributed by atoms with Gasteiger partial charge >= 0.3 is 0 Å². The Morgan fingerprint density at radius 1 is 0.635 bits per heavy atom. The maximum Gasteiger partial charge on any atom is 0.225 e. The number of nitriles is 2. The lowest BCUT2D eigenvalue weighted by atomic mass is 9.78. The minimum Gasteiger partial charge on any atom is -0.342 e. The van der Waals surface area contributed by atoms with E-state index in [2.05, 4.69) is 36.0 Å². The van der Waals surface area contributed by atoms with E-state index in [-0.39, 0.29) is 47.6 Å². The molecule has 4 N–H and O–H groups in total. The molecule has 0 unspecified atom stereocenters. The highest BCUT2D eigenvalue weighted by Crippen LogP contribution is 2.38. The molecule has 2 amide bonds. The molecule has 2 aromatic carbocycles. The first kappa shape index (κ1) is 35.5. The molecule has 4 heterocycles. The molecule has 0 radical (unpaired) electrons. The third-order valence-electron chi connectivity index (χ3n) is 11.7. The molecule has 52 heavy (non-hydrogen) atoms. The van der Waals surface area contributed by atoms with E-state index in [0.717, 1.165) is 86.5 Å². The quantitative estimate of drug-likeness (QED) is 0.279. The van der Waals surface area contributed by atoms with Gasteiger partial charge in [-0.05, 0) is 85.8 Å². The van der Waals surface area contributed by atoms with Gasteiger partial charge in [-0.1, -0.05) is 38.1 Å². The second kappa shape index (κ2) is 15.0. The summed E-state index contributed by atoms with van der Waals surface area (Å²) in [6, 6.07) is 20.6. The van der Waals surface area contributed by atoms with Crippen LogP contribution in [-0.2, 0) is 9.59 Å². The predicted octanol–water partition coefficient (Wildman–Crippen LogP) is 5.59. The third kappa shape index (κ3) is 7.11. The van der Waals surface area contributed by atoms with Crippen LogP contribution in [0.3, 0.4) is 0 Å². The van der Waals surface area contributed by atoms with Gasteiger partial charge in [0.15, 0.2) is 0 Å². The zero-order chi connectivity index (χ0) is 36.5. The van der Waals surface area contributed by atoms with E-state index in [9.17, 15) is 20.1 Å². The van der Waals surface area contributed by atoms with Crippen molar-refractivity contribution in [1.82, 2.24) is 19.8 Å². The lowest BCUT2D eigenvalue weighted by Gasteiger charge is -2.41. The topological polar surface area (TPSA) is 166 Å². The largest absolute Gasteiger partial charge is 0.342 e. The Balaban J connectivity index is 0.000000162. The molecule has 4 aliphatic rings. The fourth-order valence-electron chi connectivity index (χ4n) is 9.04. The molecule has 4 atom stereocenters. The van der Waals surface area contributed by atoms with Gasteiger partial charge in [-0.15, -0.1) is 0 Å². The van der Waals surface area contributed by atoms with Crippen LogP contribution in [0.25, 0.3) is 21.8 Å². The van der Waals surface area contributed by atoms with Crippen LogP contribution in [0.15, 0.2) is 60.9 Å². The first-order valence-corrected chi connectivity index (χ1v) is 18.8. The molecular weight excluding hydrogens is 649 g/mol. The van der Waals surface area contributed by atoms with Crippen molar-refractivity contribution in [2.45, 2.75) is 76.3 Å². The predicted molar refractivity (Wildman–Crippen MR) is 201 cm³/mol. The minimum atomic E-state index is 0.107. The summed E-state index contributed by atoms with van der Waals surface area (Å²) >= 11 is 0. The van der Waals surface area contributed by atoms with Gasteiger partial charge in [0.05, 0.1) is 22.2 Å². The van der Waals surface area contributed by atoms with Gasteiger partial charge in [-0.25, -0.2) is 0 Å². The molecule has 0 spiro atoms. The van der Waals surface area contributed by atoms with Crippen LogP contribution < -0.4 is 11.5 Å². The molecule has 0 bridgehead atoms. The van der Waals surface area contributed by atoms with Crippen LogP contribution in [0.5, 0.6) is 0 Å². The Labute approximate surface area is 305 Å². The van der Waals surface area contributed by atoms with Gasteiger partial charge in [0.1, 0.15) is 12.1 Å². The van der Waals surface area contributed by atoms with Gasteiger partial charge in [0.2, 0.25) is 11.8 Å². The first-order valence-electron chi connectivity index (χ1n) is 18.8. The monoisotopic (exact) mass is 696 g/mol. The number of carbonyl (C=O) groups is 2. The average molecular weight is 697 g/mol. The zero-order valence-electron chi connectivity index (χ0n) is 30.1. The number of pyridine rings is 2. The molecular formula is C42H48N8O2. The number of benzene rings is 2. The van der Waals surface area contributed by atoms with Crippen molar-refractivity contribution in [1.29, 1.82) is 10.5 Å². The molecule has 2 saturated carbocycles. The number of aromatic nitrogens is 2. The number of amides is 2. The molecule has 10 heteroatoms. The van der Waals surface area contributed by atoms with Gasteiger partial charge < -0.3 is 21.3 Å². The standard InChI is InChI=1S/2C21H24N4O/c2*1-13-7-16(12-25(11-13)21(26)15-8-17(23)9-15)18-5-4-14(10-22)20-19(18)3-2-6-24-20/h2*2-6,13,15-17H,7-9,11-12,23H2,1H3/t13-,15?,16+,17?;13-,15?,16-,17?/m11/s1. The summed E-state index contributed by atoms with van der Waals surface area (Å²) < 4.78 is 0. The number of piperidine rings is 2. The third-order valence-corrected chi connectivity index (χ3v) is 11.7. The number of nitrogens with two attached hydrogens (primary N) is 2. The highest BCUT2D eigenvalue weighted by Gasteiger charge is 2.39. The Bertz CT molecular complexity index is 1910. The molecule has 268 valence electrons. The van der Waals surface area contributed by atoms with Gasteiger partial charge in [-0.3, -0.25) is 19.6 Å². The van der Waals surface area contributed by atoms with Crippen molar-refractivity contribution in [3.63, 3.8) is 0 Å². The summed E-state index contributed by atoms with van der Waals surface area (Å²) in [7, 11) is 0. The van der Waals surface area contributed by atoms with Crippen LogP contribution in [0, 0.1) is 46.3 Å². The summed E-state index contributed by atoms with van der Waals surface area (Å²) in [5.74, 6) is 2.19. The van der Waals surface area contributed by atoms with Gasteiger partial charge in [0, 0.05) is 85.1 Å². The molecule has 4 fully saturated rings. The highest BCUT2D eigenvalue weighted by molar-refractivity contribution is 5.89. The van der Waals surface area contributed by atoms with Crippen molar-refractivity contribution in [2.24, 2.45) is 35.1 Å². The van der Waals surface area contributed by atoms with E-state index < -0.39 is 0 Å². The van der Waals surface area contributed by atoms with E-state index >= 15 is 0 Å². The van der Waals surface area contributed by atoms with Gasteiger partial charge in [0.25, 0.3) is 0 Å².